The summed E-state index contributed by atoms with van der Waals surface area (Å²) in [5, 5.41) is 15.8. The Hall–Kier alpha value is -3.22. The topological polar surface area (TPSA) is 80.6 Å². The van der Waals surface area contributed by atoms with Crippen molar-refractivity contribution < 1.29 is 24.1 Å². The lowest BCUT2D eigenvalue weighted by Crippen LogP contribution is -2.24. The molecule has 1 N–H and O–H groups in total. The zero-order valence-corrected chi connectivity index (χ0v) is 15.7. The van der Waals surface area contributed by atoms with Crippen LogP contribution in [0.15, 0.2) is 41.5 Å². The van der Waals surface area contributed by atoms with Crippen LogP contribution in [0.2, 0.25) is 0 Å². The molecule has 0 saturated carbocycles. The summed E-state index contributed by atoms with van der Waals surface area (Å²) in [4.78, 5) is 12.2. The van der Waals surface area contributed by atoms with E-state index >= 15 is 0 Å². The molecule has 1 heterocycles. The van der Waals surface area contributed by atoms with Crippen LogP contribution in [0.25, 0.3) is 0 Å². The van der Waals surface area contributed by atoms with Crippen molar-refractivity contribution in [1.82, 2.24) is 5.01 Å². The number of amides is 1. The van der Waals surface area contributed by atoms with Crippen molar-refractivity contribution in [1.29, 1.82) is 0 Å². The van der Waals surface area contributed by atoms with Gasteiger partial charge in [-0.3, -0.25) is 4.79 Å². The second-order valence-corrected chi connectivity index (χ2v) is 6.13. The van der Waals surface area contributed by atoms with Gasteiger partial charge in [0.2, 0.25) is 5.91 Å². The van der Waals surface area contributed by atoms with Gasteiger partial charge in [-0.15, -0.1) is 0 Å². The Balaban J connectivity index is 1.96. The molecule has 0 spiro atoms. The highest BCUT2D eigenvalue weighted by Crippen LogP contribution is 2.38. The van der Waals surface area contributed by atoms with Gasteiger partial charge in [0.1, 0.15) is 0 Å². The summed E-state index contributed by atoms with van der Waals surface area (Å²) in [6.07, 6.45) is 0.531. The Morgan fingerprint density at radius 3 is 2.37 bits per heavy atom. The molecule has 142 valence electrons. The van der Waals surface area contributed by atoms with E-state index < -0.39 is 0 Å². The molecule has 0 aliphatic carbocycles. The number of phenolic OH excluding ortho intramolecular Hbond substituents is 1. The Bertz CT molecular complexity index is 894. The van der Waals surface area contributed by atoms with E-state index in [1.165, 1.54) is 19.0 Å². The number of hydrazone groups is 1. The van der Waals surface area contributed by atoms with Crippen molar-refractivity contribution in [2.45, 2.75) is 19.4 Å². The van der Waals surface area contributed by atoms with E-state index in [4.69, 9.17) is 14.2 Å². The summed E-state index contributed by atoms with van der Waals surface area (Å²) < 4.78 is 15.8. The Morgan fingerprint density at radius 2 is 1.74 bits per heavy atom. The van der Waals surface area contributed by atoms with Crippen molar-refractivity contribution in [2.24, 2.45) is 5.10 Å². The predicted octanol–water partition coefficient (Wildman–Crippen LogP) is 3.12. The normalized spacial score (nSPS) is 16.1. The van der Waals surface area contributed by atoms with Gasteiger partial charge in [0.15, 0.2) is 23.0 Å². The number of carbonyl (C=O) groups is 1. The second-order valence-electron chi connectivity index (χ2n) is 6.13. The summed E-state index contributed by atoms with van der Waals surface area (Å²) in [5.41, 5.74) is 2.43. The van der Waals surface area contributed by atoms with Crippen LogP contribution in [0.4, 0.5) is 0 Å². The molecule has 1 aliphatic heterocycles. The molecule has 2 aromatic rings. The van der Waals surface area contributed by atoms with Crippen LogP contribution >= 0.6 is 0 Å². The van der Waals surface area contributed by atoms with Crippen LogP contribution in [0, 0.1) is 0 Å². The third kappa shape index (κ3) is 3.53. The van der Waals surface area contributed by atoms with E-state index in [2.05, 4.69) is 5.10 Å². The number of rotatable bonds is 5. The van der Waals surface area contributed by atoms with Crippen LogP contribution in [-0.4, -0.2) is 43.1 Å². The maximum Gasteiger partial charge on any atom is 0.240 e. The van der Waals surface area contributed by atoms with Crippen molar-refractivity contribution in [3.05, 3.63) is 47.5 Å². The number of ether oxygens (including phenoxy) is 3. The van der Waals surface area contributed by atoms with Crippen molar-refractivity contribution in [3.8, 4) is 23.0 Å². The SMILES string of the molecule is COc1cc(C2=NN(C(C)=O)C(c3ccc(OC)c(OC)c3)C2)ccc1O. The first-order chi connectivity index (χ1) is 13.0. The van der Waals surface area contributed by atoms with E-state index in [9.17, 15) is 9.90 Å². The maximum atomic E-state index is 12.2. The van der Waals surface area contributed by atoms with Crippen LogP contribution in [0.3, 0.4) is 0 Å². The lowest BCUT2D eigenvalue weighted by atomic mass is 9.98. The minimum absolute atomic E-state index is 0.0553. The van der Waals surface area contributed by atoms with Crippen molar-refractivity contribution >= 4 is 11.6 Å². The van der Waals surface area contributed by atoms with E-state index in [1.54, 1.807) is 32.4 Å². The molecule has 0 fully saturated rings. The van der Waals surface area contributed by atoms with E-state index in [0.29, 0.717) is 23.7 Å². The lowest BCUT2D eigenvalue weighted by Gasteiger charge is -2.21. The molecule has 27 heavy (non-hydrogen) atoms. The van der Waals surface area contributed by atoms with E-state index in [1.807, 2.05) is 18.2 Å². The lowest BCUT2D eigenvalue weighted by molar-refractivity contribution is -0.130. The number of benzene rings is 2. The first kappa shape index (κ1) is 18.6. The summed E-state index contributed by atoms with van der Waals surface area (Å²) in [5.74, 6) is 1.48. The molecule has 1 aliphatic rings. The highest BCUT2D eigenvalue weighted by molar-refractivity contribution is 6.03. The van der Waals surface area contributed by atoms with Gasteiger partial charge in [0.25, 0.3) is 0 Å². The van der Waals surface area contributed by atoms with Gasteiger partial charge in [0.05, 0.1) is 33.1 Å². The van der Waals surface area contributed by atoms with Crippen LogP contribution in [0.1, 0.15) is 30.5 Å². The van der Waals surface area contributed by atoms with E-state index in [-0.39, 0.29) is 17.7 Å². The molecule has 0 aromatic heterocycles. The first-order valence-electron chi connectivity index (χ1n) is 8.45. The molecule has 2 aromatic carbocycles. The average Bonchev–Trinajstić information content (AvgIpc) is 3.13. The van der Waals surface area contributed by atoms with Gasteiger partial charge < -0.3 is 19.3 Å². The van der Waals surface area contributed by atoms with Crippen molar-refractivity contribution in [3.63, 3.8) is 0 Å². The maximum absolute atomic E-state index is 12.2. The number of methoxy groups -OCH3 is 3. The molecule has 3 rings (SSSR count). The highest BCUT2D eigenvalue weighted by atomic mass is 16.5. The van der Waals surface area contributed by atoms with Gasteiger partial charge in [-0.05, 0) is 35.9 Å². The van der Waals surface area contributed by atoms with Gasteiger partial charge in [-0.2, -0.15) is 5.10 Å². The number of nitrogens with zero attached hydrogens (tertiary/aromatic N) is 2. The fraction of sp³-hybridized carbons (Fsp3) is 0.300. The number of hydrogen-bond acceptors (Lipinski definition) is 6. The molecule has 0 bridgehead atoms. The number of hydrogen-bond donors (Lipinski definition) is 1. The quantitative estimate of drug-likeness (QED) is 0.875. The van der Waals surface area contributed by atoms with Crippen LogP contribution < -0.4 is 14.2 Å². The van der Waals surface area contributed by atoms with Crippen LogP contribution in [0.5, 0.6) is 23.0 Å². The molecular formula is C20H22N2O5. The molecule has 1 unspecified atom stereocenters. The second kappa shape index (κ2) is 7.57. The minimum Gasteiger partial charge on any atom is -0.504 e. The highest BCUT2D eigenvalue weighted by Gasteiger charge is 2.32. The first-order valence-corrected chi connectivity index (χ1v) is 8.45. The minimum atomic E-state index is -0.253. The monoisotopic (exact) mass is 370 g/mol. The summed E-state index contributed by atoms with van der Waals surface area (Å²) in [7, 11) is 4.64. The third-order valence-electron chi connectivity index (χ3n) is 4.54. The molecule has 0 radical (unpaired) electrons. The smallest absolute Gasteiger partial charge is 0.240 e. The summed E-state index contributed by atoms with van der Waals surface area (Å²) >= 11 is 0. The van der Waals surface area contributed by atoms with Gasteiger partial charge in [-0.1, -0.05) is 6.07 Å². The molecule has 7 nitrogen and oxygen atoms in total. The molecule has 1 atom stereocenters. The fourth-order valence-corrected chi connectivity index (χ4v) is 3.15. The van der Waals surface area contributed by atoms with Gasteiger partial charge >= 0.3 is 0 Å². The largest absolute Gasteiger partial charge is 0.504 e. The Morgan fingerprint density at radius 1 is 1.04 bits per heavy atom. The summed E-state index contributed by atoms with van der Waals surface area (Å²) in [6, 6.07) is 10.3. The summed E-state index contributed by atoms with van der Waals surface area (Å²) in [6.45, 7) is 1.48. The molecular weight excluding hydrogens is 348 g/mol. The van der Waals surface area contributed by atoms with Crippen LogP contribution in [-0.2, 0) is 4.79 Å². The average molecular weight is 370 g/mol. The Kier molecular flexibility index (Phi) is 5.21. The van der Waals surface area contributed by atoms with Gasteiger partial charge in [-0.25, -0.2) is 5.01 Å². The van der Waals surface area contributed by atoms with Crippen molar-refractivity contribution in [2.75, 3.05) is 21.3 Å². The standard InChI is InChI=1S/C20H22N2O5/c1-12(23)22-16(14-6-8-18(25-2)20(10-14)27-4)11-15(21-22)13-5-7-17(24)19(9-13)26-3/h5-10,16,24H,11H2,1-4H3. The number of aromatic hydroxyl groups is 1. The predicted molar refractivity (Wildman–Crippen MR) is 101 cm³/mol. The molecule has 1 amide bonds. The fourth-order valence-electron chi connectivity index (χ4n) is 3.15. The molecule has 7 heteroatoms. The van der Waals surface area contributed by atoms with E-state index in [0.717, 1.165) is 16.8 Å². The zero-order valence-electron chi connectivity index (χ0n) is 15.7. The number of carbonyl (C=O) groups excluding carboxylic acids is 1. The zero-order chi connectivity index (χ0) is 19.6. The molecule has 0 saturated heterocycles. The van der Waals surface area contributed by atoms with Gasteiger partial charge in [0, 0.05) is 18.9 Å². The third-order valence-corrected chi connectivity index (χ3v) is 4.54. The Labute approximate surface area is 157 Å². The number of phenols is 1.